The molecule has 15 heavy (non-hydrogen) atoms. The van der Waals surface area contributed by atoms with Crippen molar-refractivity contribution in [1.82, 2.24) is 4.90 Å². The van der Waals surface area contributed by atoms with Crippen molar-refractivity contribution in [3.63, 3.8) is 0 Å². The third-order valence-corrected chi connectivity index (χ3v) is 3.67. The minimum Gasteiger partial charge on any atom is -0.378 e. The molecule has 0 aromatic carbocycles. The largest absolute Gasteiger partial charge is 0.378 e. The van der Waals surface area contributed by atoms with E-state index in [9.17, 15) is 0 Å². The van der Waals surface area contributed by atoms with Crippen LogP contribution < -0.4 is 0 Å². The number of nitrogens with zero attached hydrogens (tertiary/aromatic N) is 1. The van der Waals surface area contributed by atoms with Crippen LogP contribution in [0.15, 0.2) is 12.3 Å². The Morgan fingerprint density at radius 3 is 2.40 bits per heavy atom. The highest BCUT2D eigenvalue weighted by Crippen LogP contribution is 2.36. The zero-order valence-corrected chi connectivity index (χ0v) is 10.5. The van der Waals surface area contributed by atoms with Crippen LogP contribution in [0.25, 0.3) is 0 Å². The number of allylic oxidation sites excluding steroid dienone is 1. The Labute approximate surface area is 94.3 Å². The van der Waals surface area contributed by atoms with Crippen LogP contribution in [0.5, 0.6) is 0 Å². The third kappa shape index (κ3) is 2.97. The maximum absolute atomic E-state index is 5.37. The van der Waals surface area contributed by atoms with E-state index in [1.807, 2.05) is 0 Å². The predicted molar refractivity (Wildman–Crippen MR) is 64.8 cm³/mol. The molecule has 2 heteroatoms. The lowest BCUT2D eigenvalue weighted by molar-refractivity contribution is 0.0410. The van der Waals surface area contributed by atoms with Gasteiger partial charge in [-0.25, -0.2) is 0 Å². The van der Waals surface area contributed by atoms with Gasteiger partial charge in [0.15, 0.2) is 0 Å². The number of rotatable bonds is 5. The molecular weight excluding hydrogens is 186 g/mol. The fourth-order valence-corrected chi connectivity index (χ4v) is 2.29. The molecule has 0 spiro atoms. The number of morpholine rings is 1. The Morgan fingerprint density at radius 2 is 1.93 bits per heavy atom. The highest BCUT2D eigenvalue weighted by Gasteiger charge is 2.29. The molecule has 0 amide bonds. The first-order chi connectivity index (χ1) is 7.14. The molecule has 1 atom stereocenters. The van der Waals surface area contributed by atoms with Crippen LogP contribution >= 0.6 is 0 Å². The zero-order chi connectivity index (χ0) is 11.3. The summed E-state index contributed by atoms with van der Waals surface area (Å²) in [5.41, 5.74) is 1.60. The van der Waals surface area contributed by atoms with E-state index in [0.717, 1.165) is 26.3 Å². The van der Waals surface area contributed by atoms with Crippen LogP contribution in [0.4, 0.5) is 0 Å². The summed E-state index contributed by atoms with van der Waals surface area (Å²) in [5, 5.41) is 0. The summed E-state index contributed by atoms with van der Waals surface area (Å²) >= 11 is 0. The number of ether oxygens (including phenoxy) is 1. The van der Waals surface area contributed by atoms with Gasteiger partial charge in [-0.3, -0.25) is 0 Å². The first-order valence-electron chi connectivity index (χ1n) is 6.16. The second-order valence-corrected chi connectivity index (χ2v) is 4.71. The second-order valence-electron chi connectivity index (χ2n) is 4.71. The highest BCUT2D eigenvalue weighted by molar-refractivity contribution is 5.08. The van der Waals surface area contributed by atoms with Gasteiger partial charge in [-0.15, -0.1) is 0 Å². The van der Waals surface area contributed by atoms with E-state index in [4.69, 9.17) is 4.74 Å². The summed E-state index contributed by atoms with van der Waals surface area (Å²) in [7, 11) is 0. The van der Waals surface area contributed by atoms with Crippen LogP contribution in [0, 0.1) is 5.41 Å². The molecule has 0 aliphatic carbocycles. The Morgan fingerprint density at radius 1 is 1.33 bits per heavy atom. The lowest BCUT2D eigenvalue weighted by Crippen LogP contribution is -2.40. The minimum atomic E-state index is 0.284. The molecule has 1 aliphatic heterocycles. The van der Waals surface area contributed by atoms with Crippen molar-refractivity contribution < 1.29 is 4.74 Å². The summed E-state index contributed by atoms with van der Waals surface area (Å²) in [6, 6.07) is 0. The zero-order valence-electron chi connectivity index (χ0n) is 10.5. The molecule has 0 aromatic heterocycles. The summed E-state index contributed by atoms with van der Waals surface area (Å²) in [4.78, 5) is 2.41. The molecule has 0 bridgehead atoms. The van der Waals surface area contributed by atoms with Crippen molar-refractivity contribution in [2.45, 2.75) is 40.0 Å². The van der Waals surface area contributed by atoms with Crippen molar-refractivity contribution >= 4 is 0 Å². The monoisotopic (exact) mass is 211 g/mol. The summed E-state index contributed by atoms with van der Waals surface area (Å²) in [6.45, 7) is 14.9. The molecule has 0 radical (unpaired) electrons. The van der Waals surface area contributed by atoms with E-state index in [1.165, 1.54) is 25.0 Å². The standard InChI is InChI=1S/C13H25NO/c1-5-7-13(4,6-2)12(3)14-8-10-15-11-9-14/h3,5-11H2,1-2,4H3. The maximum atomic E-state index is 5.37. The van der Waals surface area contributed by atoms with Crippen LogP contribution in [0.2, 0.25) is 0 Å². The van der Waals surface area contributed by atoms with Gasteiger partial charge in [-0.1, -0.05) is 33.8 Å². The number of hydrogen-bond acceptors (Lipinski definition) is 2. The first kappa shape index (κ1) is 12.6. The molecule has 1 saturated heterocycles. The fraction of sp³-hybridized carbons (Fsp3) is 0.846. The molecule has 2 nitrogen and oxygen atoms in total. The molecule has 1 fully saturated rings. The Balaban J connectivity index is 2.62. The molecule has 0 aromatic rings. The molecule has 0 saturated carbocycles. The van der Waals surface area contributed by atoms with Gasteiger partial charge in [0.05, 0.1) is 13.2 Å². The highest BCUT2D eigenvalue weighted by atomic mass is 16.5. The van der Waals surface area contributed by atoms with Crippen molar-refractivity contribution in [3.05, 3.63) is 12.3 Å². The average molecular weight is 211 g/mol. The lowest BCUT2D eigenvalue weighted by Gasteiger charge is -2.40. The quantitative estimate of drug-likeness (QED) is 0.693. The van der Waals surface area contributed by atoms with E-state index in [1.54, 1.807) is 0 Å². The van der Waals surface area contributed by atoms with Crippen molar-refractivity contribution in [3.8, 4) is 0 Å². The topological polar surface area (TPSA) is 12.5 Å². The van der Waals surface area contributed by atoms with E-state index in [2.05, 4.69) is 32.3 Å². The van der Waals surface area contributed by atoms with E-state index < -0.39 is 0 Å². The van der Waals surface area contributed by atoms with Gasteiger partial charge in [-0.05, 0) is 12.8 Å². The van der Waals surface area contributed by atoms with Gasteiger partial charge in [0.2, 0.25) is 0 Å². The molecule has 88 valence electrons. The minimum absolute atomic E-state index is 0.284. The summed E-state index contributed by atoms with van der Waals surface area (Å²) in [5.74, 6) is 0. The third-order valence-electron chi connectivity index (χ3n) is 3.67. The lowest BCUT2D eigenvalue weighted by atomic mass is 9.79. The molecule has 0 N–H and O–H groups in total. The average Bonchev–Trinajstić information content (AvgIpc) is 2.29. The van der Waals surface area contributed by atoms with Crippen LogP contribution in [0.1, 0.15) is 40.0 Å². The smallest absolute Gasteiger partial charge is 0.0642 e. The molecule has 1 unspecified atom stereocenters. The van der Waals surface area contributed by atoms with Gasteiger partial charge in [0.25, 0.3) is 0 Å². The number of hydrogen-bond donors (Lipinski definition) is 0. The van der Waals surface area contributed by atoms with E-state index in [0.29, 0.717) is 0 Å². The second kappa shape index (κ2) is 5.55. The van der Waals surface area contributed by atoms with Gasteiger partial charge in [0.1, 0.15) is 0 Å². The van der Waals surface area contributed by atoms with Crippen molar-refractivity contribution in [1.29, 1.82) is 0 Å². The van der Waals surface area contributed by atoms with Gasteiger partial charge in [0, 0.05) is 24.2 Å². The molecule has 1 aliphatic rings. The van der Waals surface area contributed by atoms with Gasteiger partial charge < -0.3 is 9.64 Å². The Bertz CT molecular complexity index is 209. The summed E-state index contributed by atoms with van der Waals surface area (Å²) in [6.07, 6.45) is 3.64. The van der Waals surface area contributed by atoms with Crippen LogP contribution in [-0.4, -0.2) is 31.2 Å². The Kier molecular flexibility index (Phi) is 4.65. The van der Waals surface area contributed by atoms with Crippen LogP contribution in [-0.2, 0) is 4.74 Å². The molecule has 1 heterocycles. The predicted octanol–water partition coefficient (Wildman–Crippen LogP) is 3.05. The van der Waals surface area contributed by atoms with Crippen molar-refractivity contribution in [2.75, 3.05) is 26.3 Å². The normalized spacial score (nSPS) is 21.1. The van der Waals surface area contributed by atoms with Gasteiger partial charge in [-0.2, -0.15) is 0 Å². The Hall–Kier alpha value is -0.500. The maximum Gasteiger partial charge on any atom is 0.0642 e. The van der Waals surface area contributed by atoms with Gasteiger partial charge >= 0.3 is 0 Å². The fourth-order valence-electron chi connectivity index (χ4n) is 2.29. The van der Waals surface area contributed by atoms with E-state index >= 15 is 0 Å². The molecule has 1 rings (SSSR count). The SMILES string of the molecule is C=C(N1CCOCC1)C(C)(CC)CCC. The molecular formula is C13H25NO. The van der Waals surface area contributed by atoms with E-state index in [-0.39, 0.29) is 5.41 Å². The van der Waals surface area contributed by atoms with Crippen LogP contribution in [0.3, 0.4) is 0 Å². The van der Waals surface area contributed by atoms with Crippen molar-refractivity contribution in [2.24, 2.45) is 5.41 Å². The summed E-state index contributed by atoms with van der Waals surface area (Å²) < 4.78 is 5.37. The first-order valence-corrected chi connectivity index (χ1v) is 6.16.